The molecule has 0 aliphatic heterocycles. The second-order valence-corrected chi connectivity index (χ2v) is 7.96. The molecule has 0 radical (unpaired) electrons. The van der Waals surface area contributed by atoms with Crippen LogP contribution >= 0.6 is 23.2 Å². The summed E-state index contributed by atoms with van der Waals surface area (Å²) < 4.78 is 24.7. The molecule has 0 unspecified atom stereocenters. The van der Waals surface area contributed by atoms with E-state index in [9.17, 15) is 8.42 Å². The molecule has 3 rings (SSSR count). The predicted molar refractivity (Wildman–Crippen MR) is 126 cm³/mol. The van der Waals surface area contributed by atoms with E-state index in [1.54, 1.807) is 29.1 Å². The first-order valence-electron chi connectivity index (χ1n) is 9.53. The fourth-order valence-electron chi connectivity index (χ4n) is 2.24. The van der Waals surface area contributed by atoms with Crippen molar-refractivity contribution in [1.82, 2.24) is 14.5 Å². The Morgan fingerprint density at radius 3 is 2.07 bits per heavy atom. The van der Waals surface area contributed by atoms with Crippen molar-refractivity contribution in [2.24, 2.45) is 0 Å². The number of sulfone groups is 1. The van der Waals surface area contributed by atoms with Crippen LogP contribution in [0.15, 0.2) is 36.9 Å². The highest BCUT2D eigenvalue weighted by atomic mass is 35.5. The first-order valence-corrected chi connectivity index (χ1v) is 12.3. The third-order valence-corrected chi connectivity index (χ3v) is 4.49. The normalized spacial score (nSPS) is 9.97. The minimum Gasteiger partial charge on any atom is -0.337 e. The van der Waals surface area contributed by atoms with Crippen molar-refractivity contribution >= 4 is 55.4 Å². The molecule has 6 nitrogen and oxygen atoms in total. The molecular weight excluding hydrogens is 431 g/mol. The van der Waals surface area contributed by atoms with Gasteiger partial charge in [-0.25, -0.2) is 13.4 Å². The Kier molecular flexibility index (Phi) is 12.6. The number of nitrogens with one attached hydrogen (secondary N) is 1. The molecule has 0 amide bonds. The lowest BCUT2D eigenvalue weighted by molar-refractivity contribution is 0.592. The maximum Gasteiger partial charge on any atom is 0.165 e. The van der Waals surface area contributed by atoms with Crippen molar-refractivity contribution in [3.05, 3.63) is 47.0 Å². The second kappa shape index (κ2) is 13.4. The van der Waals surface area contributed by atoms with Crippen LogP contribution in [0.1, 0.15) is 41.5 Å². The number of anilines is 2. The highest BCUT2D eigenvalue weighted by Crippen LogP contribution is 2.33. The van der Waals surface area contributed by atoms with Crippen LogP contribution in [0.2, 0.25) is 10.0 Å². The standard InChI is InChI=1S/C14H12Cl2N4O2S.3C2H6/c1-23(21,22)8-20-5-3-9-12(20)2-4-18-14(9)19-13-10(15)6-17-7-11(13)16;3*1-2/h2-7H,8H2,1H3,(H,17,18,19);3*1-2H3. The maximum absolute atomic E-state index is 11.5. The molecule has 0 spiro atoms. The zero-order valence-electron chi connectivity index (χ0n) is 18.0. The van der Waals surface area contributed by atoms with E-state index in [1.165, 1.54) is 18.6 Å². The first-order chi connectivity index (χ1) is 13.8. The Morgan fingerprint density at radius 1 is 1.00 bits per heavy atom. The number of rotatable bonds is 4. The van der Waals surface area contributed by atoms with Crippen molar-refractivity contribution in [2.75, 3.05) is 11.6 Å². The lowest BCUT2D eigenvalue weighted by atomic mass is 10.3. The number of hydrogen-bond acceptors (Lipinski definition) is 5. The van der Waals surface area contributed by atoms with Gasteiger partial charge in [0.1, 0.15) is 11.7 Å². The second-order valence-electron chi connectivity index (χ2n) is 5.04. The summed E-state index contributed by atoms with van der Waals surface area (Å²) in [6.45, 7) is 12.0. The topological polar surface area (TPSA) is 76.9 Å². The highest BCUT2D eigenvalue weighted by Gasteiger charge is 2.13. The van der Waals surface area contributed by atoms with Crippen LogP contribution in [0, 0.1) is 0 Å². The van der Waals surface area contributed by atoms with E-state index in [0.717, 1.165) is 10.9 Å². The van der Waals surface area contributed by atoms with Crippen LogP contribution in [-0.2, 0) is 15.7 Å². The predicted octanol–water partition coefficient (Wildman–Crippen LogP) is 6.56. The van der Waals surface area contributed by atoms with Crippen LogP contribution in [0.3, 0.4) is 0 Å². The van der Waals surface area contributed by atoms with Crippen LogP contribution < -0.4 is 5.32 Å². The molecule has 0 bridgehead atoms. The molecule has 0 saturated carbocycles. The maximum atomic E-state index is 11.5. The number of hydrogen-bond donors (Lipinski definition) is 1. The fraction of sp³-hybridized carbons (Fsp3) is 0.400. The van der Waals surface area contributed by atoms with Gasteiger partial charge < -0.3 is 9.88 Å². The van der Waals surface area contributed by atoms with Gasteiger partial charge in [-0.2, -0.15) is 0 Å². The smallest absolute Gasteiger partial charge is 0.165 e. The summed E-state index contributed by atoms with van der Waals surface area (Å²) in [5, 5.41) is 4.58. The van der Waals surface area contributed by atoms with Crippen molar-refractivity contribution in [1.29, 1.82) is 0 Å². The summed E-state index contributed by atoms with van der Waals surface area (Å²) in [4.78, 5) is 8.18. The van der Waals surface area contributed by atoms with Crippen molar-refractivity contribution < 1.29 is 8.42 Å². The average molecular weight is 461 g/mol. The Labute approximate surface area is 184 Å². The van der Waals surface area contributed by atoms with E-state index in [1.807, 2.05) is 41.5 Å². The summed E-state index contributed by atoms with van der Waals surface area (Å²) in [5.74, 6) is 0.432. The van der Waals surface area contributed by atoms with Crippen molar-refractivity contribution in [2.45, 2.75) is 47.4 Å². The Bertz CT molecular complexity index is 969. The van der Waals surface area contributed by atoms with Gasteiger partial charge in [0.25, 0.3) is 0 Å². The molecule has 0 saturated heterocycles. The molecule has 0 atom stereocenters. The number of nitrogens with zero attached hydrogens (tertiary/aromatic N) is 3. The molecule has 0 aliphatic carbocycles. The van der Waals surface area contributed by atoms with E-state index in [0.29, 0.717) is 21.6 Å². The van der Waals surface area contributed by atoms with Gasteiger partial charge in [0.05, 0.1) is 21.2 Å². The van der Waals surface area contributed by atoms with Gasteiger partial charge in [-0.1, -0.05) is 64.7 Å². The SMILES string of the molecule is CC.CC.CC.CS(=O)(=O)Cn1ccc2c(Nc3c(Cl)cncc3Cl)nccc21. The summed E-state index contributed by atoms with van der Waals surface area (Å²) in [6, 6.07) is 3.54. The van der Waals surface area contributed by atoms with Crippen molar-refractivity contribution in [3.63, 3.8) is 0 Å². The van der Waals surface area contributed by atoms with E-state index < -0.39 is 9.84 Å². The van der Waals surface area contributed by atoms with Gasteiger partial charge in [0, 0.05) is 36.4 Å². The monoisotopic (exact) mass is 460 g/mol. The lowest BCUT2D eigenvalue weighted by Crippen LogP contribution is -2.07. The quantitative estimate of drug-likeness (QED) is 0.476. The third-order valence-electron chi connectivity index (χ3n) is 3.17. The molecule has 3 aromatic rings. The molecule has 9 heteroatoms. The molecule has 0 aromatic carbocycles. The molecule has 29 heavy (non-hydrogen) atoms. The number of aromatic nitrogens is 3. The number of pyridine rings is 2. The summed E-state index contributed by atoms with van der Waals surface area (Å²) in [7, 11) is -3.15. The van der Waals surface area contributed by atoms with Crippen LogP contribution in [0.25, 0.3) is 10.9 Å². The zero-order chi connectivity index (χ0) is 22.6. The Hall–Kier alpha value is -1.83. The minimum atomic E-state index is -3.15. The fourth-order valence-corrected chi connectivity index (χ4v) is 3.43. The molecule has 0 aliphatic rings. The van der Waals surface area contributed by atoms with Gasteiger partial charge >= 0.3 is 0 Å². The van der Waals surface area contributed by atoms with Crippen molar-refractivity contribution in [3.8, 4) is 0 Å². The van der Waals surface area contributed by atoms with E-state index in [-0.39, 0.29) is 5.88 Å². The van der Waals surface area contributed by atoms with Crippen LogP contribution in [0.4, 0.5) is 11.5 Å². The van der Waals surface area contributed by atoms with E-state index >= 15 is 0 Å². The van der Waals surface area contributed by atoms with Gasteiger partial charge in [-0.05, 0) is 12.1 Å². The molecule has 1 N–H and O–H groups in total. The molecular formula is C20H30Cl2N4O2S. The zero-order valence-corrected chi connectivity index (χ0v) is 20.3. The van der Waals surface area contributed by atoms with Gasteiger partial charge in [-0.3, -0.25) is 4.98 Å². The Balaban J connectivity index is 0.00000120. The van der Waals surface area contributed by atoms with Gasteiger partial charge in [0.15, 0.2) is 9.84 Å². The minimum absolute atomic E-state index is 0.100. The molecule has 3 aromatic heterocycles. The molecule has 3 heterocycles. The van der Waals surface area contributed by atoms with Gasteiger partial charge in [0.2, 0.25) is 0 Å². The van der Waals surface area contributed by atoms with Crippen LogP contribution in [-0.4, -0.2) is 29.2 Å². The average Bonchev–Trinajstić information content (AvgIpc) is 3.11. The van der Waals surface area contributed by atoms with E-state index in [2.05, 4.69) is 15.3 Å². The molecule has 162 valence electrons. The molecule has 0 fully saturated rings. The largest absolute Gasteiger partial charge is 0.337 e. The Morgan fingerprint density at radius 2 is 1.55 bits per heavy atom. The van der Waals surface area contributed by atoms with Gasteiger partial charge in [-0.15, -0.1) is 0 Å². The van der Waals surface area contributed by atoms with E-state index in [4.69, 9.17) is 23.2 Å². The first kappa shape index (κ1) is 27.2. The number of fused-ring (bicyclic) bond motifs is 1. The highest BCUT2D eigenvalue weighted by molar-refractivity contribution is 7.89. The lowest BCUT2D eigenvalue weighted by Gasteiger charge is -2.10. The summed E-state index contributed by atoms with van der Waals surface area (Å²) >= 11 is 12.2. The summed E-state index contributed by atoms with van der Waals surface area (Å²) in [6.07, 6.45) is 7.44. The number of halogens is 2. The summed E-state index contributed by atoms with van der Waals surface area (Å²) in [5.41, 5.74) is 1.24. The van der Waals surface area contributed by atoms with Crippen LogP contribution in [0.5, 0.6) is 0 Å². The third kappa shape index (κ3) is 7.84.